The smallest absolute Gasteiger partial charge is 0.170 e. The van der Waals surface area contributed by atoms with Gasteiger partial charge in [0.1, 0.15) is 0 Å². The summed E-state index contributed by atoms with van der Waals surface area (Å²) >= 11 is 1.70. The zero-order valence-corrected chi connectivity index (χ0v) is 10.8. The van der Waals surface area contributed by atoms with Crippen molar-refractivity contribution in [2.24, 2.45) is 10.9 Å². The normalized spacial score (nSPS) is 15.6. The van der Waals surface area contributed by atoms with E-state index in [9.17, 15) is 5.11 Å². The highest BCUT2D eigenvalue weighted by Crippen LogP contribution is 2.20. The summed E-state index contributed by atoms with van der Waals surface area (Å²) in [7, 11) is 0. The van der Waals surface area contributed by atoms with Crippen molar-refractivity contribution in [1.29, 1.82) is 0 Å². The fourth-order valence-corrected chi connectivity index (χ4v) is 2.12. The highest BCUT2D eigenvalue weighted by atomic mass is 32.2. The third-order valence-corrected chi connectivity index (χ3v) is 3.97. The number of aliphatic hydroxyl groups excluding tert-OH is 1. The largest absolute Gasteiger partial charge is 0.409 e. The summed E-state index contributed by atoms with van der Waals surface area (Å²) in [6.45, 7) is 3.79. The quantitative estimate of drug-likeness (QED) is 0.324. The molecule has 1 aromatic rings. The molecule has 0 radical (unpaired) electrons. The minimum absolute atomic E-state index is 0.113. The number of aliphatic hydroxyl groups is 1. The molecule has 1 aromatic carbocycles. The average Bonchev–Trinajstić information content (AvgIpc) is 2.35. The molecule has 0 aliphatic rings. The summed E-state index contributed by atoms with van der Waals surface area (Å²) in [5.41, 5.74) is 7.32. The lowest BCUT2D eigenvalue weighted by Gasteiger charge is -2.13. The Bertz CT molecular complexity index is 377. The van der Waals surface area contributed by atoms with E-state index >= 15 is 0 Å². The molecule has 2 unspecified atom stereocenters. The standard InChI is InChI=1S/C12H18N2O2S/c1-8(15)9(2)17-7-10-3-5-11(6-4-10)12(13)14-16/h3-6,8-9,15-16H,7H2,1-2H3,(H2,13,14). The summed E-state index contributed by atoms with van der Waals surface area (Å²) in [6.07, 6.45) is -0.309. The first-order chi connectivity index (χ1) is 8.04. The maximum atomic E-state index is 9.37. The van der Waals surface area contributed by atoms with Crippen LogP contribution in [0.3, 0.4) is 0 Å². The molecule has 5 heteroatoms. The van der Waals surface area contributed by atoms with Gasteiger partial charge in [-0.2, -0.15) is 11.8 Å². The van der Waals surface area contributed by atoms with Crippen molar-refractivity contribution >= 4 is 17.6 Å². The summed E-state index contributed by atoms with van der Waals surface area (Å²) in [5.74, 6) is 0.948. The SMILES string of the molecule is CC(O)C(C)SCc1ccc(/C(N)=N/O)cc1. The van der Waals surface area contributed by atoms with Crippen molar-refractivity contribution < 1.29 is 10.3 Å². The van der Waals surface area contributed by atoms with E-state index in [1.807, 2.05) is 31.2 Å². The van der Waals surface area contributed by atoms with E-state index in [1.165, 1.54) is 0 Å². The predicted molar refractivity (Wildman–Crippen MR) is 71.4 cm³/mol. The van der Waals surface area contributed by atoms with E-state index < -0.39 is 0 Å². The molecular weight excluding hydrogens is 236 g/mol. The lowest BCUT2D eigenvalue weighted by Crippen LogP contribution is -2.15. The summed E-state index contributed by atoms with van der Waals surface area (Å²) in [4.78, 5) is 0. The molecule has 0 aromatic heterocycles. The number of benzene rings is 1. The van der Waals surface area contributed by atoms with Crippen LogP contribution >= 0.6 is 11.8 Å². The second-order valence-electron chi connectivity index (χ2n) is 3.94. The molecule has 0 heterocycles. The molecule has 4 N–H and O–H groups in total. The van der Waals surface area contributed by atoms with Gasteiger partial charge in [0, 0.05) is 16.6 Å². The molecule has 94 valence electrons. The first-order valence-electron chi connectivity index (χ1n) is 5.41. The fourth-order valence-electron chi connectivity index (χ4n) is 1.20. The Balaban J connectivity index is 2.57. The highest BCUT2D eigenvalue weighted by Gasteiger charge is 2.09. The van der Waals surface area contributed by atoms with Gasteiger partial charge in [-0.1, -0.05) is 36.3 Å². The van der Waals surface area contributed by atoms with Crippen LogP contribution in [0.2, 0.25) is 0 Å². The molecule has 0 aliphatic carbocycles. The van der Waals surface area contributed by atoms with E-state index in [0.29, 0.717) is 5.56 Å². The molecule has 0 aliphatic heterocycles. The Morgan fingerprint density at radius 2 is 1.94 bits per heavy atom. The van der Waals surface area contributed by atoms with Gasteiger partial charge in [0.05, 0.1) is 6.10 Å². The molecule has 0 fully saturated rings. The van der Waals surface area contributed by atoms with Crippen LogP contribution in [0.25, 0.3) is 0 Å². The van der Waals surface area contributed by atoms with Crippen molar-refractivity contribution in [3.05, 3.63) is 35.4 Å². The molecule has 0 amide bonds. The van der Waals surface area contributed by atoms with Crippen LogP contribution < -0.4 is 5.73 Å². The number of hydrogen-bond donors (Lipinski definition) is 3. The van der Waals surface area contributed by atoms with E-state index in [4.69, 9.17) is 10.9 Å². The van der Waals surface area contributed by atoms with Crippen LogP contribution in [0, 0.1) is 0 Å². The number of amidine groups is 1. The molecule has 2 atom stereocenters. The summed E-state index contributed by atoms with van der Waals surface area (Å²) < 4.78 is 0. The van der Waals surface area contributed by atoms with Crippen LogP contribution in [0.4, 0.5) is 0 Å². The molecule has 0 saturated carbocycles. The number of thioether (sulfide) groups is 1. The van der Waals surface area contributed by atoms with E-state index in [1.54, 1.807) is 18.7 Å². The first kappa shape index (κ1) is 13.9. The maximum Gasteiger partial charge on any atom is 0.170 e. The number of nitrogens with two attached hydrogens (primary N) is 1. The fraction of sp³-hybridized carbons (Fsp3) is 0.417. The highest BCUT2D eigenvalue weighted by molar-refractivity contribution is 7.99. The molecule has 0 bridgehead atoms. The lowest BCUT2D eigenvalue weighted by molar-refractivity contribution is 0.196. The van der Waals surface area contributed by atoms with Gasteiger partial charge in [-0.25, -0.2) is 0 Å². The molecular formula is C12H18N2O2S. The topological polar surface area (TPSA) is 78.8 Å². The zero-order valence-electron chi connectivity index (χ0n) is 10.00. The number of rotatable bonds is 5. The van der Waals surface area contributed by atoms with Crippen LogP contribution in [0.15, 0.2) is 29.4 Å². The zero-order chi connectivity index (χ0) is 12.8. The van der Waals surface area contributed by atoms with Crippen LogP contribution in [-0.4, -0.2) is 27.5 Å². The van der Waals surface area contributed by atoms with Crippen LogP contribution in [0.5, 0.6) is 0 Å². The number of oxime groups is 1. The van der Waals surface area contributed by atoms with Crippen molar-refractivity contribution in [3.8, 4) is 0 Å². The van der Waals surface area contributed by atoms with Crippen molar-refractivity contribution in [2.45, 2.75) is 31.0 Å². The monoisotopic (exact) mass is 254 g/mol. The van der Waals surface area contributed by atoms with Gasteiger partial charge >= 0.3 is 0 Å². The van der Waals surface area contributed by atoms with Crippen molar-refractivity contribution in [3.63, 3.8) is 0 Å². The average molecular weight is 254 g/mol. The third kappa shape index (κ3) is 4.28. The summed E-state index contributed by atoms with van der Waals surface area (Å²) in [6, 6.07) is 7.51. The molecule has 1 rings (SSSR count). The Morgan fingerprint density at radius 1 is 1.35 bits per heavy atom. The Morgan fingerprint density at radius 3 is 2.41 bits per heavy atom. The Hall–Kier alpha value is -1.20. The molecule has 0 saturated heterocycles. The minimum Gasteiger partial charge on any atom is -0.409 e. The predicted octanol–water partition coefficient (Wildman–Crippen LogP) is 1.78. The second-order valence-corrected chi connectivity index (χ2v) is 5.30. The van der Waals surface area contributed by atoms with Gasteiger partial charge < -0.3 is 16.0 Å². The molecule has 17 heavy (non-hydrogen) atoms. The molecule has 4 nitrogen and oxygen atoms in total. The Labute approximate surface area is 106 Å². The third-order valence-electron chi connectivity index (χ3n) is 2.55. The maximum absolute atomic E-state index is 9.37. The Kier molecular flexibility index (Phi) is 5.31. The second kappa shape index (κ2) is 6.51. The summed E-state index contributed by atoms with van der Waals surface area (Å²) in [5, 5.41) is 21.0. The minimum atomic E-state index is -0.309. The first-order valence-corrected chi connectivity index (χ1v) is 6.46. The van der Waals surface area contributed by atoms with Gasteiger partial charge in [-0.3, -0.25) is 0 Å². The van der Waals surface area contributed by atoms with Gasteiger partial charge in [-0.15, -0.1) is 0 Å². The number of hydrogen-bond acceptors (Lipinski definition) is 4. The van der Waals surface area contributed by atoms with Gasteiger partial charge in [-0.05, 0) is 12.5 Å². The van der Waals surface area contributed by atoms with Crippen LogP contribution in [0.1, 0.15) is 25.0 Å². The van der Waals surface area contributed by atoms with Crippen molar-refractivity contribution in [1.82, 2.24) is 0 Å². The van der Waals surface area contributed by atoms with E-state index in [2.05, 4.69) is 5.16 Å². The lowest BCUT2D eigenvalue weighted by atomic mass is 10.1. The van der Waals surface area contributed by atoms with Gasteiger partial charge in [0.2, 0.25) is 0 Å². The van der Waals surface area contributed by atoms with E-state index in [0.717, 1.165) is 11.3 Å². The number of nitrogens with zero attached hydrogens (tertiary/aromatic N) is 1. The van der Waals surface area contributed by atoms with Gasteiger partial charge in [0.25, 0.3) is 0 Å². The molecule has 0 spiro atoms. The van der Waals surface area contributed by atoms with Crippen molar-refractivity contribution in [2.75, 3.05) is 0 Å². The van der Waals surface area contributed by atoms with Gasteiger partial charge in [0.15, 0.2) is 5.84 Å². The van der Waals surface area contributed by atoms with E-state index in [-0.39, 0.29) is 17.2 Å². The van der Waals surface area contributed by atoms with Crippen LogP contribution in [-0.2, 0) is 5.75 Å².